The summed E-state index contributed by atoms with van der Waals surface area (Å²) in [7, 11) is 0. The number of ether oxygens (including phenoxy) is 1. The Morgan fingerprint density at radius 3 is 2.86 bits per heavy atom. The average Bonchev–Trinajstić information content (AvgIpc) is 2.45. The third kappa shape index (κ3) is 5.24. The van der Waals surface area contributed by atoms with Crippen molar-refractivity contribution in [2.75, 3.05) is 0 Å². The molecule has 21 heavy (non-hydrogen) atoms. The second-order valence-corrected chi connectivity index (χ2v) is 5.02. The minimum absolute atomic E-state index is 0.137. The van der Waals surface area contributed by atoms with Crippen LogP contribution in [0, 0.1) is 6.92 Å². The molecule has 2 aromatic carbocycles. The van der Waals surface area contributed by atoms with Gasteiger partial charge in [-0.25, -0.2) is 0 Å². The van der Waals surface area contributed by atoms with E-state index in [-0.39, 0.29) is 5.11 Å². The maximum absolute atomic E-state index is 5.78. The lowest BCUT2D eigenvalue weighted by Crippen LogP contribution is -2.23. The second kappa shape index (κ2) is 7.40. The average molecular weight is 299 g/mol. The fourth-order valence-electron chi connectivity index (χ4n) is 1.82. The third-order valence-electron chi connectivity index (χ3n) is 2.73. The Balaban J connectivity index is 1.97. The smallest absolute Gasteiger partial charge is 0.184 e. The van der Waals surface area contributed by atoms with Gasteiger partial charge in [-0.1, -0.05) is 42.0 Å². The van der Waals surface area contributed by atoms with Crippen LogP contribution in [0.15, 0.2) is 53.6 Å². The lowest BCUT2D eigenvalue weighted by Gasteiger charge is -2.07. The summed E-state index contributed by atoms with van der Waals surface area (Å²) in [6.07, 6.45) is 1.64. The molecule has 0 spiro atoms. The van der Waals surface area contributed by atoms with E-state index in [0.717, 1.165) is 16.9 Å². The Labute approximate surface area is 129 Å². The molecule has 4 nitrogen and oxygen atoms in total. The molecule has 0 amide bonds. The van der Waals surface area contributed by atoms with Gasteiger partial charge in [-0.2, -0.15) is 5.10 Å². The van der Waals surface area contributed by atoms with Gasteiger partial charge in [0.1, 0.15) is 12.4 Å². The molecule has 0 saturated carbocycles. The Morgan fingerprint density at radius 2 is 2.10 bits per heavy atom. The SMILES string of the molecule is Cc1cccc(COc2cccc(/C=N/NC(N)=S)c2)c1. The number of rotatable bonds is 5. The summed E-state index contributed by atoms with van der Waals surface area (Å²) in [5.41, 5.74) is 11.1. The van der Waals surface area contributed by atoms with Crippen molar-refractivity contribution in [3.05, 3.63) is 65.2 Å². The molecule has 0 aliphatic rings. The molecule has 0 aliphatic heterocycles. The predicted molar refractivity (Wildman–Crippen MR) is 89.5 cm³/mol. The molecule has 2 rings (SSSR count). The molecule has 0 aliphatic carbocycles. The highest BCUT2D eigenvalue weighted by molar-refractivity contribution is 7.80. The van der Waals surface area contributed by atoms with Gasteiger partial charge in [-0.3, -0.25) is 5.43 Å². The zero-order chi connectivity index (χ0) is 15.1. The van der Waals surface area contributed by atoms with Crippen LogP contribution in [0.4, 0.5) is 0 Å². The predicted octanol–water partition coefficient (Wildman–Crippen LogP) is 2.74. The number of thiocarbonyl (C=S) groups is 1. The Kier molecular flexibility index (Phi) is 5.29. The van der Waals surface area contributed by atoms with Crippen molar-refractivity contribution < 1.29 is 4.74 Å². The van der Waals surface area contributed by atoms with Crippen LogP contribution in [0.3, 0.4) is 0 Å². The van der Waals surface area contributed by atoms with Crippen LogP contribution in [-0.4, -0.2) is 11.3 Å². The van der Waals surface area contributed by atoms with Crippen molar-refractivity contribution in [3.63, 3.8) is 0 Å². The topological polar surface area (TPSA) is 59.6 Å². The van der Waals surface area contributed by atoms with E-state index >= 15 is 0 Å². The molecule has 3 N–H and O–H groups in total. The van der Waals surface area contributed by atoms with Crippen LogP contribution >= 0.6 is 12.2 Å². The van der Waals surface area contributed by atoms with Crippen molar-refractivity contribution in [1.82, 2.24) is 5.43 Å². The highest BCUT2D eigenvalue weighted by atomic mass is 32.1. The van der Waals surface area contributed by atoms with Crippen molar-refractivity contribution in [2.45, 2.75) is 13.5 Å². The summed E-state index contributed by atoms with van der Waals surface area (Å²) >= 11 is 4.67. The number of nitrogens with one attached hydrogen (secondary N) is 1. The summed E-state index contributed by atoms with van der Waals surface area (Å²) in [6.45, 7) is 2.60. The van der Waals surface area contributed by atoms with Gasteiger partial charge in [0.05, 0.1) is 6.21 Å². The Hall–Kier alpha value is -2.40. The molecule has 0 saturated heterocycles. The number of nitrogens with zero attached hydrogens (tertiary/aromatic N) is 1. The van der Waals surface area contributed by atoms with Crippen LogP contribution < -0.4 is 15.9 Å². The van der Waals surface area contributed by atoms with Crippen LogP contribution in [-0.2, 0) is 6.61 Å². The number of hydrazone groups is 1. The van der Waals surface area contributed by atoms with Gasteiger partial charge >= 0.3 is 0 Å². The minimum atomic E-state index is 0.137. The minimum Gasteiger partial charge on any atom is -0.489 e. The molecule has 0 bridgehead atoms. The van der Waals surface area contributed by atoms with Crippen LogP contribution in [0.1, 0.15) is 16.7 Å². The summed E-state index contributed by atoms with van der Waals surface area (Å²) in [4.78, 5) is 0. The van der Waals surface area contributed by atoms with Crippen LogP contribution in [0.2, 0.25) is 0 Å². The van der Waals surface area contributed by atoms with E-state index in [9.17, 15) is 0 Å². The van der Waals surface area contributed by atoms with E-state index in [0.29, 0.717) is 6.61 Å². The standard InChI is InChI=1S/C16H17N3OS/c1-12-4-2-6-14(8-12)11-20-15-7-3-5-13(9-15)10-18-19-16(17)21/h2-10H,11H2,1H3,(H3,17,19,21)/b18-10+. The zero-order valence-electron chi connectivity index (χ0n) is 11.7. The number of aryl methyl sites for hydroxylation is 1. The molecular weight excluding hydrogens is 282 g/mol. The van der Waals surface area contributed by atoms with Crippen molar-refractivity contribution >= 4 is 23.5 Å². The lowest BCUT2D eigenvalue weighted by atomic mass is 10.1. The Bertz CT molecular complexity index is 655. The van der Waals surface area contributed by atoms with E-state index in [1.807, 2.05) is 36.4 Å². The molecule has 0 fully saturated rings. The normalized spacial score (nSPS) is 10.5. The van der Waals surface area contributed by atoms with E-state index in [4.69, 9.17) is 10.5 Å². The summed E-state index contributed by atoms with van der Waals surface area (Å²) in [5, 5.41) is 4.05. The lowest BCUT2D eigenvalue weighted by molar-refractivity contribution is 0.306. The van der Waals surface area contributed by atoms with E-state index < -0.39 is 0 Å². The van der Waals surface area contributed by atoms with Crippen LogP contribution in [0.25, 0.3) is 0 Å². The fraction of sp³-hybridized carbons (Fsp3) is 0.125. The highest BCUT2D eigenvalue weighted by Crippen LogP contribution is 2.14. The monoisotopic (exact) mass is 299 g/mol. The number of benzene rings is 2. The maximum Gasteiger partial charge on any atom is 0.184 e. The number of hydrogen-bond acceptors (Lipinski definition) is 3. The van der Waals surface area contributed by atoms with Gasteiger partial charge in [0.2, 0.25) is 0 Å². The molecule has 0 unspecified atom stereocenters. The third-order valence-corrected chi connectivity index (χ3v) is 2.83. The van der Waals surface area contributed by atoms with Gasteiger partial charge in [-0.15, -0.1) is 0 Å². The van der Waals surface area contributed by atoms with E-state index in [1.165, 1.54) is 5.56 Å². The van der Waals surface area contributed by atoms with E-state index in [2.05, 4.69) is 41.8 Å². The molecule has 0 atom stereocenters. The van der Waals surface area contributed by atoms with Gasteiger partial charge in [0, 0.05) is 0 Å². The van der Waals surface area contributed by atoms with Gasteiger partial charge in [-0.05, 0) is 42.4 Å². The van der Waals surface area contributed by atoms with Crippen LogP contribution in [0.5, 0.6) is 5.75 Å². The van der Waals surface area contributed by atoms with Gasteiger partial charge in [0.15, 0.2) is 5.11 Å². The molecule has 2 aromatic rings. The number of nitrogens with two attached hydrogens (primary N) is 1. The summed E-state index contributed by atoms with van der Waals surface area (Å²) < 4.78 is 5.78. The zero-order valence-corrected chi connectivity index (χ0v) is 12.6. The van der Waals surface area contributed by atoms with Crippen molar-refractivity contribution in [1.29, 1.82) is 0 Å². The van der Waals surface area contributed by atoms with Gasteiger partial charge < -0.3 is 10.5 Å². The molecule has 0 radical (unpaired) electrons. The molecule has 5 heteroatoms. The Morgan fingerprint density at radius 1 is 1.29 bits per heavy atom. The number of hydrogen-bond donors (Lipinski definition) is 2. The first-order chi connectivity index (χ1) is 10.1. The molecule has 0 heterocycles. The first kappa shape index (κ1) is 15.0. The summed E-state index contributed by atoms with van der Waals surface area (Å²) in [6, 6.07) is 15.9. The van der Waals surface area contributed by atoms with Gasteiger partial charge in [0.25, 0.3) is 0 Å². The summed E-state index contributed by atoms with van der Waals surface area (Å²) in [5.74, 6) is 0.788. The van der Waals surface area contributed by atoms with Crippen molar-refractivity contribution in [2.24, 2.45) is 10.8 Å². The second-order valence-electron chi connectivity index (χ2n) is 4.58. The largest absolute Gasteiger partial charge is 0.489 e. The molecule has 0 aromatic heterocycles. The van der Waals surface area contributed by atoms with Crippen molar-refractivity contribution in [3.8, 4) is 5.75 Å². The molecular formula is C16H17N3OS. The first-order valence-corrected chi connectivity index (χ1v) is 6.91. The quantitative estimate of drug-likeness (QED) is 0.506. The van der Waals surface area contributed by atoms with E-state index in [1.54, 1.807) is 6.21 Å². The maximum atomic E-state index is 5.78. The first-order valence-electron chi connectivity index (χ1n) is 6.50. The fourth-order valence-corrected chi connectivity index (χ4v) is 1.88. The highest BCUT2D eigenvalue weighted by Gasteiger charge is 1.98. The molecule has 108 valence electrons.